The van der Waals surface area contributed by atoms with Gasteiger partial charge in [0.05, 0.1) is 24.9 Å². The van der Waals surface area contributed by atoms with Gasteiger partial charge in [0, 0.05) is 91.8 Å². The predicted octanol–water partition coefficient (Wildman–Crippen LogP) is 6.12. The zero-order chi connectivity index (χ0) is 39.9. The van der Waals surface area contributed by atoms with Crippen LogP contribution in [0, 0.1) is 25.2 Å². The zero-order valence-electron chi connectivity index (χ0n) is 34.9. The molecule has 2 bridgehead atoms. The minimum absolute atomic E-state index is 0.00734. The van der Waals surface area contributed by atoms with Gasteiger partial charge in [0.25, 0.3) is 0 Å². The number of nitrogens with one attached hydrogen (secondary N) is 1. The molecule has 0 amide bonds. The van der Waals surface area contributed by atoms with Crippen LogP contribution in [0.2, 0.25) is 0 Å². The van der Waals surface area contributed by atoms with Gasteiger partial charge in [-0.3, -0.25) is 4.90 Å². The Labute approximate surface area is 347 Å². The van der Waals surface area contributed by atoms with Crippen molar-refractivity contribution in [2.75, 3.05) is 62.7 Å². The second-order valence-electron chi connectivity index (χ2n) is 18.2. The lowest BCUT2D eigenvalue weighted by Gasteiger charge is -2.49. The molecule has 6 unspecified atom stereocenters. The summed E-state index contributed by atoms with van der Waals surface area (Å²) >= 11 is 0. The van der Waals surface area contributed by atoms with Gasteiger partial charge >= 0.3 is 0 Å². The Hall–Kier alpha value is -4.85. The molecule has 0 saturated carbocycles. The van der Waals surface area contributed by atoms with Gasteiger partial charge in [0.2, 0.25) is 5.69 Å². The Morgan fingerprint density at radius 1 is 0.915 bits per heavy atom. The van der Waals surface area contributed by atoms with Gasteiger partial charge in [-0.1, -0.05) is 18.2 Å². The average Bonchev–Trinajstić information content (AvgIpc) is 4.06. The second-order valence-corrected chi connectivity index (χ2v) is 18.2. The molecule has 0 aliphatic carbocycles. The number of hydrogen-bond donors (Lipinski definition) is 1. The standard InChI is InChI=1S/C46H59N10O3/c1-32-20-35(53-30-46(3,31-53)29-48-45-9-4-6-16-47-45)10-12-41(32)43-27-55(25-38-8-5-7-18-57-38)56(50-43)36-15-19-58-39(22-36)24-54-26-42(49-51-54)40-13-11-37(21-33(40)2)59-44-28-52-17-14-34(44)23-52/h4,6,9-13,16,20-21,26-27,34,36,38-39,44H,5,7-8,14-15,17-19,22-25,28-31H2,1-3H3,(H,47,48)/q+1. The van der Waals surface area contributed by atoms with Crippen molar-refractivity contribution >= 4 is 11.5 Å². The third-order valence-corrected chi connectivity index (χ3v) is 13.4. The van der Waals surface area contributed by atoms with E-state index in [0.29, 0.717) is 25.2 Å². The second kappa shape index (κ2) is 16.3. The quantitative estimate of drug-likeness (QED) is 0.140. The number of nitrogens with zero attached hydrogens (tertiary/aromatic N) is 9. The van der Waals surface area contributed by atoms with Gasteiger partial charge in [-0.15, -0.1) is 5.10 Å². The molecule has 13 heteroatoms. The van der Waals surface area contributed by atoms with E-state index in [9.17, 15) is 0 Å². The van der Waals surface area contributed by atoms with Crippen LogP contribution in [0.15, 0.2) is 73.2 Å². The molecule has 3 aromatic heterocycles. The molecule has 59 heavy (non-hydrogen) atoms. The molecule has 0 spiro atoms. The highest BCUT2D eigenvalue weighted by atomic mass is 16.5. The number of hydrogen-bond acceptors (Lipinski definition) is 10. The van der Waals surface area contributed by atoms with E-state index in [1.165, 1.54) is 42.7 Å². The van der Waals surface area contributed by atoms with E-state index >= 15 is 0 Å². The molecule has 5 fully saturated rings. The molecule has 5 aliphatic rings. The summed E-state index contributed by atoms with van der Waals surface area (Å²) in [5, 5.41) is 18.0. The fourth-order valence-corrected chi connectivity index (χ4v) is 10.1. The normalized spacial score (nSPS) is 26.2. The van der Waals surface area contributed by atoms with E-state index in [1.807, 2.05) is 29.1 Å². The van der Waals surface area contributed by atoms with Gasteiger partial charge in [0.15, 0.2) is 6.20 Å². The highest BCUT2D eigenvalue weighted by Gasteiger charge is 2.40. The fraction of sp³-hybridized carbons (Fsp3) is 0.543. The van der Waals surface area contributed by atoms with Crippen LogP contribution < -0.4 is 19.6 Å². The minimum Gasteiger partial charge on any atom is -0.489 e. The fourth-order valence-electron chi connectivity index (χ4n) is 10.1. The first-order valence-electron chi connectivity index (χ1n) is 21.9. The van der Waals surface area contributed by atoms with Crippen molar-refractivity contribution in [1.82, 2.24) is 34.8 Å². The Kier molecular flexibility index (Phi) is 10.6. The number of anilines is 2. The molecule has 2 aromatic carbocycles. The number of aromatic nitrogens is 7. The van der Waals surface area contributed by atoms with Gasteiger partial charge in [-0.2, -0.15) is 4.68 Å². The molecule has 1 N–H and O–H groups in total. The number of rotatable bonds is 13. The number of benzene rings is 2. The lowest BCUT2D eigenvalue weighted by molar-refractivity contribution is -0.788. The lowest BCUT2D eigenvalue weighted by atomic mass is 9.81. The van der Waals surface area contributed by atoms with Crippen LogP contribution in [0.5, 0.6) is 5.75 Å². The van der Waals surface area contributed by atoms with E-state index in [4.69, 9.17) is 19.3 Å². The summed E-state index contributed by atoms with van der Waals surface area (Å²) in [5.41, 5.74) is 7.96. The van der Waals surface area contributed by atoms with Gasteiger partial charge in [-0.05, 0) is 117 Å². The number of ether oxygens (including phenoxy) is 3. The first kappa shape index (κ1) is 38.4. The SMILES string of the molecule is Cc1cc(OC2CN3CCC2C3)ccc1-c1cn(CC2CC(n3nc(-c4ccc(N5CC(C)(CNc6ccccn6)C5)cc4C)c[n+]3CC3CCCCO3)CCO2)nn1. The van der Waals surface area contributed by atoms with Gasteiger partial charge in [-0.25, -0.2) is 9.67 Å². The topological polar surface area (TPSA) is 112 Å². The highest BCUT2D eigenvalue weighted by molar-refractivity contribution is 5.67. The number of fused-ring (bicyclic) bond motifs is 2. The summed E-state index contributed by atoms with van der Waals surface area (Å²) in [7, 11) is 0. The Morgan fingerprint density at radius 3 is 2.56 bits per heavy atom. The van der Waals surface area contributed by atoms with Crippen molar-refractivity contribution in [1.29, 1.82) is 0 Å². The van der Waals surface area contributed by atoms with Crippen molar-refractivity contribution in [3.8, 4) is 28.3 Å². The van der Waals surface area contributed by atoms with Crippen LogP contribution in [-0.4, -0.2) is 106 Å². The van der Waals surface area contributed by atoms with Crippen molar-refractivity contribution in [3.63, 3.8) is 0 Å². The summed E-state index contributed by atoms with van der Waals surface area (Å²) in [6.07, 6.45) is 13.0. The molecule has 6 atom stereocenters. The third kappa shape index (κ3) is 8.34. The van der Waals surface area contributed by atoms with E-state index in [0.717, 1.165) is 99.1 Å². The van der Waals surface area contributed by atoms with Crippen molar-refractivity contribution in [2.24, 2.45) is 11.3 Å². The van der Waals surface area contributed by atoms with E-state index in [1.54, 1.807) is 0 Å². The van der Waals surface area contributed by atoms with Gasteiger partial charge in [0.1, 0.15) is 36.0 Å². The molecule has 5 aliphatic heterocycles. The zero-order valence-corrected chi connectivity index (χ0v) is 34.9. The van der Waals surface area contributed by atoms with E-state index in [2.05, 4.69) is 109 Å². The van der Waals surface area contributed by atoms with Crippen molar-refractivity contribution < 1.29 is 18.9 Å². The summed E-state index contributed by atoms with van der Waals surface area (Å²) in [6.45, 7) is 16.0. The maximum atomic E-state index is 6.44. The van der Waals surface area contributed by atoms with Crippen LogP contribution >= 0.6 is 0 Å². The Bertz CT molecular complexity index is 2230. The van der Waals surface area contributed by atoms with Gasteiger partial charge < -0.3 is 24.4 Å². The van der Waals surface area contributed by atoms with E-state index < -0.39 is 0 Å². The lowest BCUT2D eigenvalue weighted by Crippen LogP contribution is -2.58. The molecule has 0 radical (unpaired) electrons. The largest absolute Gasteiger partial charge is 0.489 e. The monoisotopic (exact) mass is 799 g/mol. The molecular formula is C46H59N10O3+. The van der Waals surface area contributed by atoms with Crippen LogP contribution in [-0.2, 0) is 22.6 Å². The predicted molar refractivity (Wildman–Crippen MR) is 226 cm³/mol. The molecule has 5 saturated heterocycles. The number of pyridine rings is 1. The molecule has 10 rings (SSSR count). The van der Waals surface area contributed by atoms with E-state index in [-0.39, 0.29) is 23.7 Å². The summed E-state index contributed by atoms with van der Waals surface area (Å²) in [6, 6.07) is 19.4. The van der Waals surface area contributed by atoms with Crippen molar-refractivity contribution in [3.05, 3.63) is 84.3 Å². The first-order valence-corrected chi connectivity index (χ1v) is 21.9. The summed E-state index contributed by atoms with van der Waals surface area (Å²) in [5.74, 6) is 2.54. The summed E-state index contributed by atoms with van der Waals surface area (Å²) in [4.78, 5) is 11.7. The average molecular weight is 800 g/mol. The van der Waals surface area contributed by atoms with Crippen LogP contribution in [0.25, 0.3) is 22.5 Å². The summed E-state index contributed by atoms with van der Waals surface area (Å²) < 4.78 is 23.3. The first-order chi connectivity index (χ1) is 28.8. The number of piperidine rings is 1. The number of aryl methyl sites for hydroxylation is 2. The smallest absolute Gasteiger partial charge is 0.249 e. The highest BCUT2D eigenvalue weighted by Crippen LogP contribution is 2.37. The third-order valence-electron chi connectivity index (χ3n) is 13.4. The molecule has 8 heterocycles. The van der Waals surface area contributed by atoms with Crippen LogP contribution in [0.3, 0.4) is 0 Å². The molecule has 13 nitrogen and oxygen atoms in total. The molecule has 310 valence electrons. The molecular weight excluding hydrogens is 741 g/mol. The maximum Gasteiger partial charge on any atom is 0.249 e. The Balaban J connectivity index is 0.810. The van der Waals surface area contributed by atoms with Crippen molar-refractivity contribution in [2.45, 2.75) is 96.7 Å². The van der Waals surface area contributed by atoms with Crippen LogP contribution in [0.1, 0.15) is 62.6 Å². The van der Waals surface area contributed by atoms with Crippen LogP contribution in [0.4, 0.5) is 11.5 Å². The minimum atomic E-state index is -0.00734. The molecule has 5 aromatic rings. The maximum absolute atomic E-state index is 6.44. The Morgan fingerprint density at radius 2 is 1.78 bits per heavy atom.